The first kappa shape index (κ1) is 7.23. The van der Waals surface area contributed by atoms with Gasteiger partial charge >= 0.3 is 0 Å². The molecule has 0 fully saturated rings. The number of hydrogen-bond acceptors (Lipinski definition) is 1. The quantitative estimate of drug-likeness (QED) is 0.449. The molecule has 0 N–H and O–H groups in total. The Bertz CT molecular complexity index is 76.1. The van der Waals surface area contributed by atoms with Crippen molar-refractivity contribution in [3.63, 3.8) is 0 Å². The fraction of sp³-hybridized carbons (Fsp3) is 0.500. The first-order valence-corrected chi connectivity index (χ1v) is 6.16. The molecule has 0 amide bonds. The fourth-order valence-electron chi connectivity index (χ4n) is 0.0583. The molecule has 7 heavy (non-hydrogen) atoms. The van der Waals surface area contributed by atoms with Crippen molar-refractivity contribution in [2.45, 2.75) is 6.43 Å². The lowest BCUT2D eigenvalue weighted by Crippen LogP contribution is -2.12. The summed E-state index contributed by atoms with van der Waals surface area (Å²) in [7, 11) is -1.29. The second-order valence-electron chi connectivity index (χ2n) is 0.901. The lowest BCUT2D eigenvalue weighted by Gasteiger charge is -1.86. The van der Waals surface area contributed by atoms with Gasteiger partial charge < -0.3 is 0 Å². The minimum absolute atomic E-state index is 0.931. The van der Waals surface area contributed by atoms with Crippen LogP contribution in [0, 0.1) is 0 Å². The molecule has 0 aliphatic rings. The zero-order valence-corrected chi connectivity index (χ0v) is 6.33. The van der Waals surface area contributed by atoms with Crippen LogP contribution in [-0.2, 0) is 4.79 Å². The van der Waals surface area contributed by atoms with Gasteiger partial charge in [-0.25, -0.2) is 8.78 Å². The molecule has 0 atom stereocenters. The van der Waals surface area contributed by atoms with E-state index in [1.165, 1.54) is 0 Å². The fourth-order valence-corrected chi connectivity index (χ4v) is 0.909. The van der Waals surface area contributed by atoms with E-state index in [9.17, 15) is 13.6 Å². The third-order valence-electron chi connectivity index (χ3n) is 0.375. The summed E-state index contributed by atoms with van der Waals surface area (Å²) in [4.78, 5) is 9.78. The molecule has 0 aliphatic heterocycles. The number of carbonyl (C=O) groups is 1. The van der Waals surface area contributed by atoms with Crippen LogP contribution in [0.1, 0.15) is 0 Å². The molecular weight excluding hydrogens is 186 g/mol. The van der Waals surface area contributed by atoms with Crippen molar-refractivity contribution >= 4 is 28.8 Å². The van der Waals surface area contributed by atoms with Gasteiger partial charge in [0, 0.05) is 0 Å². The lowest BCUT2D eigenvalue weighted by atomic mass is 10.8. The van der Waals surface area contributed by atoms with E-state index >= 15 is 0 Å². The van der Waals surface area contributed by atoms with Gasteiger partial charge in [-0.05, 0) is 0 Å². The Labute approximate surface area is 49.5 Å². The van der Waals surface area contributed by atoms with Crippen LogP contribution < -0.4 is 0 Å². The van der Waals surface area contributed by atoms with E-state index in [2.05, 4.69) is 15.3 Å². The second-order valence-corrected chi connectivity index (χ2v) is 3.55. The summed E-state index contributed by atoms with van der Waals surface area (Å²) >= 11 is 2.72. The van der Waals surface area contributed by atoms with E-state index in [0.29, 0.717) is 0 Å². The third kappa shape index (κ3) is 2.87. The van der Waals surface area contributed by atoms with Crippen LogP contribution in [0.25, 0.3) is 0 Å². The summed E-state index contributed by atoms with van der Waals surface area (Å²) in [5.41, 5.74) is 0. The van der Waals surface area contributed by atoms with Crippen LogP contribution >= 0.6 is 15.3 Å². The highest BCUT2D eigenvalue weighted by Crippen LogP contribution is 1.93. The van der Waals surface area contributed by atoms with E-state index in [1.807, 2.05) is 0 Å². The summed E-state index contributed by atoms with van der Waals surface area (Å²) in [6, 6.07) is 0. The van der Waals surface area contributed by atoms with Gasteiger partial charge in [0.05, 0.1) is 0 Å². The smallest absolute Gasteiger partial charge is 0.291 e. The number of halogens is 3. The Kier molecular flexibility index (Phi) is 3.36. The third-order valence-corrected chi connectivity index (χ3v) is 2.61. The maximum Gasteiger partial charge on any atom is 0.291 e. The molecule has 1 nitrogen and oxygen atoms in total. The Morgan fingerprint density at radius 2 is 2.14 bits per heavy atom. The van der Waals surface area contributed by atoms with Crippen LogP contribution in [0.5, 0.6) is 0 Å². The van der Waals surface area contributed by atoms with Crippen molar-refractivity contribution in [3.8, 4) is 0 Å². The topological polar surface area (TPSA) is 17.1 Å². The number of hydrogen-bond donors (Lipinski definition) is 0. The largest absolute Gasteiger partial charge is 0.299 e. The molecule has 0 aliphatic carbocycles. The zero-order chi connectivity index (χ0) is 5.86. The first-order valence-electron chi connectivity index (χ1n) is 1.55. The van der Waals surface area contributed by atoms with E-state index in [1.54, 1.807) is 0 Å². The SMILES string of the molecule is O=C([SiH2]Br)C(F)F. The molecule has 0 radical (unpaired) electrons. The van der Waals surface area contributed by atoms with Gasteiger partial charge in [-0.2, -0.15) is 0 Å². The van der Waals surface area contributed by atoms with Gasteiger partial charge in [0.1, 0.15) is 0 Å². The molecule has 5 heteroatoms. The molecule has 0 bridgehead atoms. The van der Waals surface area contributed by atoms with E-state index < -0.39 is 20.0 Å². The van der Waals surface area contributed by atoms with Gasteiger partial charge in [-0.15, -0.1) is 15.3 Å². The van der Waals surface area contributed by atoms with Gasteiger partial charge in [-0.1, -0.05) is 0 Å². The average molecular weight is 189 g/mol. The van der Waals surface area contributed by atoms with Crippen molar-refractivity contribution < 1.29 is 13.6 Å². The predicted molar refractivity (Wildman–Crippen MR) is 28.5 cm³/mol. The molecule has 0 saturated heterocycles. The van der Waals surface area contributed by atoms with Gasteiger partial charge in [0.15, 0.2) is 13.5 Å². The second kappa shape index (κ2) is 3.26. The highest BCUT2D eigenvalue weighted by atomic mass is 79.9. The molecule has 0 spiro atoms. The minimum atomic E-state index is -2.76. The molecule has 0 rings (SSSR count). The maximum atomic E-state index is 11.1. The van der Waals surface area contributed by atoms with Crippen molar-refractivity contribution in [1.82, 2.24) is 0 Å². The van der Waals surface area contributed by atoms with E-state index in [-0.39, 0.29) is 0 Å². The molecule has 0 aromatic heterocycles. The molecule has 42 valence electrons. The van der Waals surface area contributed by atoms with Crippen LogP contribution in [0.15, 0.2) is 0 Å². The van der Waals surface area contributed by atoms with E-state index in [4.69, 9.17) is 0 Å². The Hall–Kier alpha value is 0.227. The Morgan fingerprint density at radius 3 is 2.14 bits per heavy atom. The predicted octanol–water partition coefficient (Wildman–Crippen LogP) is 0.257. The molecule has 0 aromatic carbocycles. The lowest BCUT2D eigenvalue weighted by molar-refractivity contribution is -0.121. The average Bonchev–Trinajstić information content (AvgIpc) is 1.65. The molecule has 0 unspecified atom stereocenters. The van der Waals surface area contributed by atoms with Crippen LogP contribution in [0.4, 0.5) is 8.78 Å². The summed E-state index contributed by atoms with van der Waals surface area (Å²) in [6.07, 6.45) is -2.76. The summed E-state index contributed by atoms with van der Waals surface area (Å²) < 4.78 is 22.2. The van der Waals surface area contributed by atoms with Crippen molar-refractivity contribution in [1.29, 1.82) is 0 Å². The van der Waals surface area contributed by atoms with Crippen LogP contribution in [0.2, 0.25) is 0 Å². The van der Waals surface area contributed by atoms with Gasteiger partial charge in [-0.3, -0.25) is 4.79 Å². The molecular formula is C2H3BrF2OSi. The van der Waals surface area contributed by atoms with Gasteiger partial charge in [0.25, 0.3) is 6.43 Å². The van der Waals surface area contributed by atoms with Gasteiger partial charge in [0.2, 0.25) is 0 Å². The number of rotatable bonds is 2. The first-order chi connectivity index (χ1) is 3.18. The minimum Gasteiger partial charge on any atom is -0.299 e. The highest BCUT2D eigenvalue weighted by molar-refractivity contribution is 9.24. The van der Waals surface area contributed by atoms with Crippen molar-refractivity contribution in [3.05, 3.63) is 0 Å². The molecule has 0 aromatic rings. The molecule has 0 saturated carbocycles. The van der Waals surface area contributed by atoms with Crippen LogP contribution in [0.3, 0.4) is 0 Å². The Balaban J connectivity index is 3.35. The van der Waals surface area contributed by atoms with Crippen molar-refractivity contribution in [2.24, 2.45) is 0 Å². The summed E-state index contributed by atoms with van der Waals surface area (Å²) in [5, 5.41) is -0.931. The summed E-state index contributed by atoms with van der Waals surface area (Å²) in [6.45, 7) is 0. The maximum absolute atomic E-state index is 11.1. The number of carbonyl (C=O) groups excluding carboxylic acids is 1. The zero-order valence-electron chi connectivity index (χ0n) is 3.33. The highest BCUT2D eigenvalue weighted by Gasteiger charge is 2.11. The van der Waals surface area contributed by atoms with E-state index in [0.717, 1.165) is 0 Å². The summed E-state index contributed by atoms with van der Waals surface area (Å²) in [5.74, 6) is 0. The normalized spacial score (nSPS) is 11.4. The van der Waals surface area contributed by atoms with Crippen molar-refractivity contribution in [2.75, 3.05) is 0 Å². The standard InChI is InChI=1S/C2H3BrF2OSi/c3-7-2(6)1(4)5/h1H,7H2. The Morgan fingerprint density at radius 1 is 1.71 bits per heavy atom. The number of alkyl halides is 2. The molecule has 0 heterocycles. The monoisotopic (exact) mass is 188 g/mol. The van der Waals surface area contributed by atoms with Crippen LogP contribution in [-0.4, -0.2) is 20.0 Å².